The van der Waals surface area contributed by atoms with Gasteiger partial charge < -0.3 is 14.2 Å². The van der Waals surface area contributed by atoms with Crippen molar-refractivity contribution in [3.05, 3.63) is 59.6 Å². The summed E-state index contributed by atoms with van der Waals surface area (Å²) in [5.74, 6) is 0.494. The molecule has 0 bridgehead atoms. The second-order valence-electron chi connectivity index (χ2n) is 6.82. The van der Waals surface area contributed by atoms with Gasteiger partial charge in [-0.1, -0.05) is 23.4 Å². The molecular weight excluding hydrogens is 413 g/mol. The summed E-state index contributed by atoms with van der Waals surface area (Å²) in [6, 6.07) is 8.61. The summed E-state index contributed by atoms with van der Waals surface area (Å²) in [5.41, 5.74) is 0.0940. The molecule has 3 aromatic rings. The van der Waals surface area contributed by atoms with E-state index in [-0.39, 0.29) is 24.4 Å². The summed E-state index contributed by atoms with van der Waals surface area (Å²) in [5, 5.41) is 3.89. The summed E-state index contributed by atoms with van der Waals surface area (Å²) in [7, 11) is 0. The molecule has 0 aliphatic rings. The molecule has 0 spiro atoms. The van der Waals surface area contributed by atoms with Gasteiger partial charge in [-0.05, 0) is 26.0 Å². The molecule has 1 amide bonds. The zero-order valence-electron chi connectivity index (χ0n) is 17.2. The number of benzene rings is 1. The van der Waals surface area contributed by atoms with Gasteiger partial charge in [0.05, 0.1) is 17.2 Å². The van der Waals surface area contributed by atoms with Crippen LogP contribution in [-0.2, 0) is 6.18 Å². The topological polar surface area (TPSA) is 81.4 Å². The third-order valence-electron chi connectivity index (χ3n) is 4.60. The fourth-order valence-electron chi connectivity index (χ4n) is 3.01. The molecule has 1 atom stereocenters. The first kappa shape index (κ1) is 22.3. The Morgan fingerprint density at radius 2 is 1.97 bits per heavy atom. The van der Waals surface area contributed by atoms with Crippen molar-refractivity contribution in [2.45, 2.75) is 33.0 Å². The van der Waals surface area contributed by atoms with E-state index in [1.54, 1.807) is 43.0 Å². The summed E-state index contributed by atoms with van der Waals surface area (Å²) >= 11 is 0. The largest absolute Gasteiger partial charge is 0.475 e. The maximum atomic E-state index is 13.2. The smallest absolute Gasteiger partial charge is 0.417 e. The molecule has 0 aliphatic carbocycles. The van der Waals surface area contributed by atoms with E-state index in [1.807, 2.05) is 6.92 Å². The van der Waals surface area contributed by atoms with Crippen molar-refractivity contribution in [1.29, 1.82) is 0 Å². The number of amides is 1. The van der Waals surface area contributed by atoms with Crippen LogP contribution in [0.4, 0.5) is 13.2 Å². The van der Waals surface area contributed by atoms with Crippen LogP contribution in [0.5, 0.6) is 5.88 Å². The van der Waals surface area contributed by atoms with Crippen molar-refractivity contribution in [3.63, 3.8) is 0 Å². The summed E-state index contributed by atoms with van der Waals surface area (Å²) in [6.45, 7) is 5.72. The monoisotopic (exact) mass is 434 g/mol. The number of aryl methyl sites for hydroxylation is 1. The molecule has 10 heteroatoms. The van der Waals surface area contributed by atoms with E-state index >= 15 is 0 Å². The molecule has 0 unspecified atom stereocenters. The van der Waals surface area contributed by atoms with Crippen molar-refractivity contribution in [2.75, 3.05) is 13.2 Å². The molecule has 2 heterocycles. The van der Waals surface area contributed by atoms with Crippen molar-refractivity contribution in [1.82, 2.24) is 20.0 Å². The molecule has 7 nitrogen and oxygen atoms in total. The highest BCUT2D eigenvalue weighted by atomic mass is 19.4. The molecule has 0 fully saturated rings. The predicted molar refractivity (Wildman–Crippen MR) is 105 cm³/mol. The maximum Gasteiger partial charge on any atom is 0.417 e. The number of carbonyl (C=O) groups is 1. The average molecular weight is 434 g/mol. The van der Waals surface area contributed by atoms with Gasteiger partial charge in [-0.3, -0.25) is 4.79 Å². The standard InChI is InChI=1S/C21H21F3N4O3/c1-4-28(13(2)12-30-18-10-9-15(11-25-18)21(22,23)24)20(29)17-8-6-5-7-16(17)19-26-14(3)31-27-19/h5-11,13H,4,12H2,1-3H3/t13-/m0/s1. The van der Waals surface area contributed by atoms with Crippen molar-refractivity contribution >= 4 is 5.91 Å². The van der Waals surface area contributed by atoms with Crippen LogP contribution in [-0.4, -0.2) is 45.1 Å². The van der Waals surface area contributed by atoms with Gasteiger partial charge in [0.1, 0.15) is 6.61 Å². The number of rotatable bonds is 7. The minimum atomic E-state index is -4.46. The Kier molecular flexibility index (Phi) is 6.57. The molecule has 0 saturated heterocycles. The lowest BCUT2D eigenvalue weighted by Crippen LogP contribution is -2.42. The summed E-state index contributed by atoms with van der Waals surface area (Å²) < 4.78 is 48.5. The van der Waals surface area contributed by atoms with E-state index < -0.39 is 11.7 Å². The lowest BCUT2D eigenvalue weighted by atomic mass is 10.0. The van der Waals surface area contributed by atoms with Gasteiger partial charge >= 0.3 is 6.18 Å². The van der Waals surface area contributed by atoms with E-state index in [4.69, 9.17) is 9.26 Å². The molecular formula is C21H21F3N4O3. The minimum absolute atomic E-state index is 0.0472. The number of pyridine rings is 1. The normalized spacial score (nSPS) is 12.5. The minimum Gasteiger partial charge on any atom is -0.475 e. The first-order valence-corrected chi connectivity index (χ1v) is 9.57. The van der Waals surface area contributed by atoms with Crippen LogP contribution in [0, 0.1) is 6.92 Å². The molecule has 0 aliphatic heterocycles. The molecule has 164 valence electrons. The zero-order chi connectivity index (χ0) is 22.6. The van der Waals surface area contributed by atoms with E-state index in [2.05, 4.69) is 15.1 Å². The van der Waals surface area contributed by atoms with Gasteiger partial charge in [0, 0.05) is 31.3 Å². The SMILES string of the molecule is CCN(C(=O)c1ccccc1-c1noc(C)n1)[C@@H](C)COc1ccc(C(F)(F)F)cn1. The van der Waals surface area contributed by atoms with Crippen LogP contribution >= 0.6 is 0 Å². The van der Waals surface area contributed by atoms with Crippen molar-refractivity contribution < 1.29 is 27.2 Å². The number of aromatic nitrogens is 3. The number of hydrogen-bond acceptors (Lipinski definition) is 6. The lowest BCUT2D eigenvalue weighted by Gasteiger charge is -2.28. The molecule has 0 N–H and O–H groups in total. The number of nitrogens with zero attached hydrogens (tertiary/aromatic N) is 4. The first-order valence-electron chi connectivity index (χ1n) is 9.57. The molecule has 3 rings (SSSR count). The van der Waals surface area contributed by atoms with E-state index in [9.17, 15) is 18.0 Å². The third kappa shape index (κ3) is 5.19. The highest BCUT2D eigenvalue weighted by Crippen LogP contribution is 2.29. The van der Waals surface area contributed by atoms with Gasteiger partial charge in [0.25, 0.3) is 5.91 Å². The molecule has 1 aromatic carbocycles. The average Bonchev–Trinajstić information content (AvgIpc) is 3.18. The van der Waals surface area contributed by atoms with Crippen LogP contribution < -0.4 is 4.74 Å². The van der Waals surface area contributed by atoms with Gasteiger partial charge in [-0.15, -0.1) is 0 Å². The second kappa shape index (κ2) is 9.15. The van der Waals surface area contributed by atoms with E-state index in [1.165, 1.54) is 0 Å². The number of likely N-dealkylation sites (N-methyl/N-ethyl adjacent to an activating group) is 1. The third-order valence-corrected chi connectivity index (χ3v) is 4.60. The summed E-state index contributed by atoms with van der Waals surface area (Å²) in [6.07, 6.45) is -3.75. The molecule has 0 radical (unpaired) electrons. The van der Waals surface area contributed by atoms with Crippen LogP contribution in [0.15, 0.2) is 47.1 Å². The van der Waals surface area contributed by atoms with Crippen molar-refractivity contribution in [3.8, 4) is 17.3 Å². The second-order valence-corrected chi connectivity index (χ2v) is 6.82. The van der Waals surface area contributed by atoms with Gasteiger partial charge in [0.15, 0.2) is 0 Å². The van der Waals surface area contributed by atoms with E-state index in [0.717, 1.165) is 12.1 Å². The number of ether oxygens (including phenoxy) is 1. The Bertz CT molecular complexity index is 1030. The quantitative estimate of drug-likeness (QED) is 0.549. The lowest BCUT2D eigenvalue weighted by molar-refractivity contribution is -0.137. The highest BCUT2D eigenvalue weighted by molar-refractivity contribution is 6.00. The van der Waals surface area contributed by atoms with Gasteiger partial charge in [0.2, 0.25) is 17.6 Å². The number of alkyl halides is 3. The first-order chi connectivity index (χ1) is 14.7. The van der Waals surface area contributed by atoms with Gasteiger partial charge in [-0.2, -0.15) is 18.2 Å². The van der Waals surface area contributed by atoms with Crippen LogP contribution in [0.25, 0.3) is 11.4 Å². The van der Waals surface area contributed by atoms with Crippen LogP contribution in [0.1, 0.15) is 35.7 Å². The predicted octanol–water partition coefficient (Wildman–Crippen LogP) is 4.39. The summed E-state index contributed by atoms with van der Waals surface area (Å²) in [4.78, 5) is 22.7. The fraction of sp³-hybridized carbons (Fsp3) is 0.333. The Labute approximate surface area is 176 Å². The number of halogens is 3. The molecule has 2 aromatic heterocycles. The molecule has 31 heavy (non-hydrogen) atoms. The fourth-order valence-corrected chi connectivity index (χ4v) is 3.01. The van der Waals surface area contributed by atoms with Gasteiger partial charge in [-0.25, -0.2) is 4.98 Å². The number of hydrogen-bond donors (Lipinski definition) is 0. The number of carbonyl (C=O) groups excluding carboxylic acids is 1. The maximum absolute atomic E-state index is 13.2. The van der Waals surface area contributed by atoms with E-state index in [0.29, 0.717) is 35.6 Å². The Morgan fingerprint density at radius 1 is 1.23 bits per heavy atom. The van der Waals surface area contributed by atoms with Crippen LogP contribution in [0.3, 0.4) is 0 Å². The Morgan fingerprint density at radius 3 is 2.55 bits per heavy atom. The zero-order valence-corrected chi connectivity index (χ0v) is 17.2. The highest BCUT2D eigenvalue weighted by Gasteiger charge is 2.31. The van der Waals surface area contributed by atoms with Crippen molar-refractivity contribution in [2.24, 2.45) is 0 Å². The van der Waals surface area contributed by atoms with Crippen LogP contribution in [0.2, 0.25) is 0 Å². The Balaban J connectivity index is 1.72. The molecule has 0 saturated carbocycles. The Hall–Kier alpha value is -3.43.